The van der Waals surface area contributed by atoms with E-state index >= 15 is 0 Å². The molecular formula is C29H32N8O3. The Labute approximate surface area is 231 Å². The number of hydrogen-bond acceptors (Lipinski definition) is 7. The van der Waals surface area contributed by atoms with Crippen molar-refractivity contribution < 1.29 is 14.3 Å². The number of carbonyl (C=O) groups is 2. The number of carbonyl (C=O) groups excluding carboxylic acids is 2. The third-order valence-electron chi connectivity index (χ3n) is 8.01. The van der Waals surface area contributed by atoms with Gasteiger partial charge in [-0.05, 0) is 68.0 Å². The molecule has 1 saturated carbocycles. The zero-order valence-corrected chi connectivity index (χ0v) is 22.3. The Balaban J connectivity index is 1.25. The predicted molar refractivity (Wildman–Crippen MR) is 149 cm³/mol. The number of rotatable bonds is 6. The normalized spacial score (nSPS) is 20.3. The van der Waals surface area contributed by atoms with Gasteiger partial charge in [0.2, 0.25) is 0 Å². The van der Waals surface area contributed by atoms with Gasteiger partial charge in [-0.25, -0.2) is 14.5 Å². The number of amides is 2. The van der Waals surface area contributed by atoms with Gasteiger partial charge in [-0.15, -0.1) is 0 Å². The van der Waals surface area contributed by atoms with Gasteiger partial charge < -0.3 is 20.7 Å². The number of hydrogen-bond donors (Lipinski definition) is 2. The molecule has 206 valence electrons. The van der Waals surface area contributed by atoms with E-state index in [9.17, 15) is 9.59 Å². The first kappa shape index (κ1) is 25.6. The second kappa shape index (κ2) is 10.8. The molecule has 2 aromatic carbocycles. The molecule has 1 aliphatic heterocycles. The number of primary amides is 1. The maximum atomic E-state index is 12.9. The summed E-state index contributed by atoms with van der Waals surface area (Å²) in [5.41, 5.74) is 7.64. The molecule has 11 heteroatoms. The van der Waals surface area contributed by atoms with Gasteiger partial charge in [0.1, 0.15) is 41.2 Å². The largest absolute Gasteiger partial charge is 0.457 e. The number of anilines is 1. The van der Waals surface area contributed by atoms with E-state index in [1.165, 1.54) is 17.3 Å². The Morgan fingerprint density at radius 2 is 1.82 bits per heavy atom. The van der Waals surface area contributed by atoms with Crippen molar-refractivity contribution in [3.8, 4) is 22.8 Å². The predicted octanol–water partition coefficient (Wildman–Crippen LogP) is 4.55. The van der Waals surface area contributed by atoms with Crippen LogP contribution in [0, 0.1) is 5.92 Å². The quantitative estimate of drug-likeness (QED) is 0.367. The molecule has 3 unspecified atom stereocenters. The van der Waals surface area contributed by atoms with Crippen molar-refractivity contribution in [1.29, 1.82) is 0 Å². The highest BCUT2D eigenvalue weighted by atomic mass is 16.5. The van der Waals surface area contributed by atoms with Crippen molar-refractivity contribution in [3.05, 3.63) is 72.8 Å². The topological polar surface area (TPSA) is 133 Å². The molecule has 3 heterocycles. The first-order valence-electron chi connectivity index (χ1n) is 13.6. The maximum Gasteiger partial charge on any atom is 0.346 e. The van der Waals surface area contributed by atoms with Gasteiger partial charge in [0, 0.05) is 25.2 Å². The summed E-state index contributed by atoms with van der Waals surface area (Å²) >= 11 is 0. The van der Waals surface area contributed by atoms with Crippen LogP contribution in [0.4, 0.5) is 10.6 Å². The number of nitrogens with zero attached hydrogens (tertiary/aromatic N) is 6. The standard InChI is InChI=1S/C29H32N8O3/c1-35(29(39)36-18-31-17-33-36)21-7-5-6-20(16-21)24-14-15-32-28-25(27(30)38)26(34-37(24)28)19-10-12-23(13-11-19)40-22-8-3-2-4-9-22/h2-4,8-13,17-18,20-21,24,32H,5-7,14-16H2,1H3,(H2,30,38). The van der Waals surface area contributed by atoms with Crippen LogP contribution in [0.2, 0.25) is 0 Å². The third kappa shape index (κ3) is 4.90. The molecule has 0 radical (unpaired) electrons. The fraction of sp³-hybridized carbons (Fsp3) is 0.345. The van der Waals surface area contributed by atoms with Crippen molar-refractivity contribution in [2.45, 2.75) is 44.2 Å². The second-order valence-corrected chi connectivity index (χ2v) is 10.4. The highest BCUT2D eigenvalue weighted by molar-refractivity contribution is 6.03. The Morgan fingerprint density at radius 1 is 1.05 bits per heavy atom. The second-order valence-electron chi connectivity index (χ2n) is 10.4. The summed E-state index contributed by atoms with van der Waals surface area (Å²) in [6.45, 7) is 0.717. The fourth-order valence-electron chi connectivity index (χ4n) is 6.01. The number of para-hydroxylation sites is 1. The number of nitrogens with two attached hydrogens (primary N) is 1. The van der Waals surface area contributed by atoms with Crippen LogP contribution in [0.15, 0.2) is 67.3 Å². The van der Waals surface area contributed by atoms with E-state index in [4.69, 9.17) is 15.6 Å². The first-order chi connectivity index (χ1) is 19.5. The van der Waals surface area contributed by atoms with Gasteiger partial charge >= 0.3 is 6.03 Å². The molecule has 4 aromatic rings. The molecule has 1 fully saturated rings. The Kier molecular flexibility index (Phi) is 6.93. The summed E-state index contributed by atoms with van der Waals surface area (Å²) < 4.78 is 9.15. The summed E-state index contributed by atoms with van der Waals surface area (Å²) in [4.78, 5) is 31.3. The van der Waals surface area contributed by atoms with Crippen molar-refractivity contribution in [3.63, 3.8) is 0 Å². The Hall–Kier alpha value is -4.67. The zero-order chi connectivity index (χ0) is 27.6. The molecule has 0 saturated heterocycles. The summed E-state index contributed by atoms with van der Waals surface area (Å²) in [7, 11) is 1.83. The maximum absolute atomic E-state index is 12.9. The molecule has 3 N–H and O–H groups in total. The molecular weight excluding hydrogens is 508 g/mol. The van der Waals surface area contributed by atoms with Crippen LogP contribution in [0.3, 0.4) is 0 Å². The molecule has 1 aliphatic carbocycles. The Morgan fingerprint density at radius 3 is 2.55 bits per heavy atom. The summed E-state index contributed by atoms with van der Waals surface area (Å²) in [6, 6.07) is 17.1. The van der Waals surface area contributed by atoms with Crippen molar-refractivity contribution in [2.75, 3.05) is 18.9 Å². The lowest BCUT2D eigenvalue weighted by molar-refractivity contribution is 0.100. The van der Waals surface area contributed by atoms with Crippen LogP contribution in [0.5, 0.6) is 11.5 Å². The molecule has 40 heavy (non-hydrogen) atoms. The van der Waals surface area contributed by atoms with Gasteiger partial charge in [0.15, 0.2) is 0 Å². The lowest BCUT2D eigenvalue weighted by Gasteiger charge is -2.40. The van der Waals surface area contributed by atoms with Crippen LogP contribution in [-0.2, 0) is 0 Å². The monoisotopic (exact) mass is 540 g/mol. The van der Waals surface area contributed by atoms with Crippen LogP contribution < -0.4 is 15.8 Å². The molecule has 0 spiro atoms. The summed E-state index contributed by atoms with van der Waals surface area (Å²) in [6.07, 6.45) is 7.46. The molecule has 6 rings (SSSR count). The van der Waals surface area contributed by atoms with Crippen LogP contribution in [0.1, 0.15) is 48.5 Å². The number of benzene rings is 2. The highest BCUT2D eigenvalue weighted by Crippen LogP contribution is 2.42. The number of aromatic nitrogens is 5. The molecule has 2 aromatic heterocycles. The van der Waals surface area contributed by atoms with E-state index in [0.717, 1.165) is 50.0 Å². The van der Waals surface area contributed by atoms with Gasteiger partial charge in [0.05, 0.1) is 6.04 Å². The zero-order valence-electron chi connectivity index (χ0n) is 22.3. The third-order valence-corrected chi connectivity index (χ3v) is 8.01. The average Bonchev–Trinajstić information content (AvgIpc) is 3.66. The van der Waals surface area contributed by atoms with E-state index in [2.05, 4.69) is 15.4 Å². The molecule has 3 atom stereocenters. The van der Waals surface area contributed by atoms with E-state index < -0.39 is 5.91 Å². The molecule has 11 nitrogen and oxygen atoms in total. The molecule has 0 bridgehead atoms. The minimum absolute atomic E-state index is 0.0802. The van der Waals surface area contributed by atoms with Gasteiger partial charge in [-0.2, -0.15) is 14.9 Å². The van der Waals surface area contributed by atoms with Gasteiger partial charge in [-0.1, -0.05) is 24.6 Å². The lowest BCUT2D eigenvalue weighted by Crippen LogP contribution is -2.44. The van der Waals surface area contributed by atoms with Crippen molar-refractivity contribution >= 4 is 17.8 Å². The lowest BCUT2D eigenvalue weighted by atomic mass is 9.79. The van der Waals surface area contributed by atoms with Crippen LogP contribution >= 0.6 is 0 Å². The van der Waals surface area contributed by atoms with Crippen LogP contribution in [-0.4, -0.2) is 61.0 Å². The van der Waals surface area contributed by atoms with E-state index in [1.54, 1.807) is 4.90 Å². The van der Waals surface area contributed by atoms with Crippen molar-refractivity contribution in [1.82, 2.24) is 29.4 Å². The SMILES string of the molecule is CN(C(=O)n1cncn1)C1CCCC(C2CCNc3c(C(N)=O)c(-c4ccc(Oc5ccccc5)cc4)nn32)C1. The number of nitrogens with one attached hydrogen (secondary N) is 1. The summed E-state index contributed by atoms with van der Waals surface area (Å²) in [5, 5.41) is 12.3. The summed E-state index contributed by atoms with van der Waals surface area (Å²) in [5.74, 6) is 1.87. The Bertz CT molecular complexity index is 1480. The fourth-order valence-corrected chi connectivity index (χ4v) is 6.01. The van der Waals surface area contributed by atoms with E-state index in [0.29, 0.717) is 28.7 Å². The first-order valence-corrected chi connectivity index (χ1v) is 13.6. The minimum atomic E-state index is -0.520. The van der Waals surface area contributed by atoms with Gasteiger partial charge in [0.25, 0.3) is 5.91 Å². The minimum Gasteiger partial charge on any atom is -0.457 e. The average molecular weight is 541 g/mol. The van der Waals surface area contributed by atoms with Crippen molar-refractivity contribution in [2.24, 2.45) is 11.7 Å². The molecule has 2 amide bonds. The van der Waals surface area contributed by atoms with Crippen LogP contribution in [0.25, 0.3) is 11.3 Å². The number of fused-ring (bicyclic) bond motifs is 1. The highest BCUT2D eigenvalue weighted by Gasteiger charge is 2.37. The smallest absolute Gasteiger partial charge is 0.346 e. The molecule has 2 aliphatic rings. The van der Waals surface area contributed by atoms with E-state index in [-0.39, 0.29) is 18.1 Å². The van der Waals surface area contributed by atoms with Gasteiger partial charge in [-0.3, -0.25) is 4.79 Å². The van der Waals surface area contributed by atoms with E-state index in [1.807, 2.05) is 66.3 Å². The number of ether oxygens (including phenoxy) is 1.